The van der Waals surface area contributed by atoms with Crippen molar-refractivity contribution in [2.24, 2.45) is 5.92 Å². The fourth-order valence-corrected chi connectivity index (χ4v) is 1.90. The lowest BCUT2D eigenvalue weighted by molar-refractivity contribution is -0.117. The van der Waals surface area contributed by atoms with Crippen molar-refractivity contribution >= 4 is 17.3 Å². The van der Waals surface area contributed by atoms with Crippen LogP contribution >= 0.6 is 0 Å². The van der Waals surface area contributed by atoms with Gasteiger partial charge in [-0.25, -0.2) is 4.39 Å². The first-order chi connectivity index (χ1) is 7.61. The monoisotopic (exact) mass is 220 g/mol. The molecule has 3 nitrogen and oxygen atoms in total. The van der Waals surface area contributed by atoms with E-state index in [1.54, 1.807) is 11.0 Å². The molecule has 2 rings (SSSR count). The van der Waals surface area contributed by atoms with Gasteiger partial charge in [0.15, 0.2) is 0 Å². The number of hydrogen-bond donors (Lipinski definition) is 1. The predicted octanol–water partition coefficient (Wildman–Crippen LogP) is 1.95. The summed E-state index contributed by atoms with van der Waals surface area (Å²) in [5, 5.41) is 0. The molecule has 0 aromatic heterocycles. The maximum Gasteiger partial charge on any atom is 0.227 e. The molecular weight excluding hydrogens is 207 g/mol. The van der Waals surface area contributed by atoms with Crippen LogP contribution in [-0.2, 0) is 4.79 Å². The van der Waals surface area contributed by atoms with Crippen molar-refractivity contribution in [3.8, 4) is 0 Å². The van der Waals surface area contributed by atoms with Gasteiger partial charge in [0.25, 0.3) is 0 Å². The molecule has 0 saturated carbocycles. The van der Waals surface area contributed by atoms with Gasteiger partial charge >= 0.3 is 0 Å². The normalized spacial score (nSPS) is 20.2. The minimum atomic E-state index is -0.395. The highest BCUT2D eigenvalue weighted by Gasteiger charge is 2.29. The van der Waals surface area contributed by atoms with Crippen LogP contribution in [0.1, 0.15) is 6.42 Å². The van der Waals surface area contributed by atoms with Crippen LogP contribution in [0.2, 0.25) is 0 Å². The van der Waals surface area contributed by atoms with Crippen LogP contribution in [0.3, 0.4) is 0 Å². The summed E-state index contributed by atoms with van der Waals surface area (Å²) in [4.78, 5) is 13.3. The first kappa shape index (κ1) is 10.7. The number of carbonyl (C=O) groups excluding carboxylic acids is 1. The first-order valence-electron chi connectivity index (χ1n) is 5.09. The summed E-state index contributed by atoms with van der Waals surface area (Å²) < 4.78 is 12.9. The van der Waals surface area contributed by atoms with Crippen molar-refractivity contribution < 1.29 is 9.18 Å². The molecule has 1 heterocycles. The van der Waals surface area contributed by atoms with Crippen molar-refractivity contribution in [1.29, 1.82) is 0 Å². The standard InChI is InChI=1S/C12H13FN2O/c1-2-8-5-12(16)15(7-8)11-4-3-9(13)6-10(11)14/h2-4,6,8H,1,5,7,14H2. The Labute approximate surface area is 93.4 Å². The second-order valence-corrected chi connectivity index (χ2v) is 3.91. The van der Waals surface area contributed by atoms with Crippen LogP contribution in [0.5, 0.6) is 0 Å². The van der Waals surface area contributed by atoms with E-state index in [0.29, 0.717) is 18.7 Å². The number of benzene rings is 1. The molecule has 1 fully saturated rings. The van der Waals surface area contributed by atoms with Crippen LogP contribution in [0, 0.1) is 11.7 Å². The maximum atomic E-state index is 12.9. The summed E-state index contributed by atoms with van der Waals surface area (Å²) in [7, 11) is 0. The van der Waals surface area contributed by atoms with E-state index < -0.39 is 5.82 Å². The summed E-state index contributed by atoms with van der Waals surface area (Å²) in [6, 6.07) is 4.07. The molecule has 2 N–H and O–H groups in total. The predicted molar refractivity (Wildman–Crippen MR) is 61.5 cm³/mol. The molecule has 16 heavy (non-hydrogen) atoms. The Balaban J connectivity index is 2.31. The minimum absolute atomic E-state index is 0.00297. The van der Waals surface area contributed by atoms with Gasteiger partial charge in [0.05, 0.1) is 11.4 Å². The Kier molecular flexibility index (Phi) is 2.64. The van der Waals surface area contributed by atoms with Crippen molar-refractivity contribution in [2.45, 2.75) is 6.42 Å². The largest absolute Gasteiger partial charge is 0.397 e. The zero-order valence-electron chi connectivity index (χ0n) is 8.82. The van der Waals surface area contributed by atoms with Gasteiger partial charge in [0.1, 0.15) is 5.82 Å². The molecule has 4 heteroatoms. The first-order valence-corrected chi connectivity index (χ1v) is 5.09. The van der Waals surface area contributed by atoms with Crippen LogP contribution in [0.4, 0.5) is 15.8 Å². The van der Waals surface area contributed by atoms with Crippen molar-refractivity contribution in [3.05, 3.63) is 36.7 Å². The Morgan fingerprint density at radius 3 is 2.88 bits per heavy atom. The van der Waals surface area contributed by atoms with Gasteiger partial charge in [0, 0.05) is 18.9 Å². The number of halogens is 1. The molecule has 1 aliphatic heterocycles. The Hall–Kier alpha value is -1.84. The van der Waals surface area contributed by atoms with Gasteiger partial charge in [-0.15, -0.1) is 6.58 Å². The van der Waals surface area contributed by atoms with Crippen LogP contribution in [0.15, 0.2) is 30.9 Å². The maximum absolute atomic E-state index is 12.9. The van der Waals surface area contributed by atoms with E-state index in [1.807, 2.05) is 0 Å². The fourth-order valence-electron chi connectivity index (χ4n) is 1.90. The third-order valence-corrected chi connectivity index (χ3v) is 2.77. The minimum Gasteiger partial charge on any atom is -0.397 e. The number of carbonyl (C=O) groups is 1. The third kappa shape index (κ3) is 1.78. The van der Waals surface area contributed by atoms with Crippen LogP contribution in [-0.4, -0.2) is 12.5 Å². The molecule has 1 aromatic carbocycles. The van der Waals surface area contributed by atoms with Crippen molar-refractivity contribution in [3.63, 3.8) is 0 Å². The van der Waals surface area contributed by atoms with E-state index in [-0.39, 0.29) is 17.5 Å². The average molecular weight is 220 g/mol. The highest BCUT2D eigenvalue weighted by molar-refractivity contribution is 5.98. The Morgan fingerprint density at radius 2 is 2.31 bits per heavy atom. The number of anilines is 2. The van der Waals surface area contributed by atoms with Gasteiger partial charge in [-0.2, -0.15) is 0 Å². The van der Waals surface area contributed by atoms with Crippen molar-refractivity contribution in [2.75, 3.05) is 17.2 Å². The topological polar surface area (TPSA) is 46.3 Å². The molecule has 1 aromatic rings. The van der Waals surface area contributed by atoms with E-state index in [2.05, 4.69) is 6.58 Å². The zero-order chi connectivity index (χ0) is 11.7. The number of nitrogens with zero attached hydrogens (tertiary/aromatic N) is 1. The molecule has 0 spiro atoms. The molecule has 0 bridgehead atoms. The van der Waals surface area contributed by atoms with E-state index in [4.69, 9.17) is 5.73 Å². The Bertz CT molecular complexity index is 445. The molecule has 0 radical (unpaired) electrons. The van der Waals surface area contributed by atoms with Gasteiger partial charge in [0.2, 0.25) is 5.91 Å². The van der Waals surface area contributed by atoms with E-state index in [0.717, 1.165) is 0 Å². The molecule has 1 saturated heterocycles. The second kappa shape index (κ2) is 3.96. The van der Waals surface area contributed by atoms with Crippen molar-refractivity contribution in [1.82, 2.24) is 0 Å². The number of nitrogens with two attached hydrogens (primary N) is 1. The highest BCUT2D eigenvalue weighted by Crippen LogP contribution is 2.30. The third-order valence-electron chi connectivity index (χ3n) is 2.77. The van der Waals surface area contributed by atoms with Gasteiger partial charge < -0.3 is 10.6 Å². The van der Waals surface area contributed by atoms with E-state index in [1.165, 1.54) is 18.2 Å². The summed E-state index contributed by atoms with van der Waals surface area (Å²) >= 11 is 0. The van der Waals surface area contributed by atoms with Crippen LogP contribution < -0.4 is 10.6 Å². The Morgan fingerprint density at radius 1 is 1.56 bits per heavy atom. The number of hydrogen-bond acceptors (Lipinski definition) is 2. The molecular formula is C12H13FN2O. The summed E-state index contributed by atoms with van der Waals surface area (Å²) in [6.07, 6.45) is 2.21. The molecule has 1 aliphatic rings. The van der Waals surface area contributed by atoms with Gasteiger partial charge in [-0.1, -0.05) is 6.08 Å². The fraction of sp³-hybridized carbons (Fsp3) is 0.250. The lowest BCUT2D eigenvalue weighted by Gasteiger charge is -2.18. The molecule has 1 atom stereocenters. The molecule has 0 aliphatic carbocycles. The average Bonchev–Trinajstić information content (AvgIpc) is 2.60. The van der Waals surface area contributed by atoms with Crippen LogP contribution in [0.25, 0.3) is 0 Å². The summed E-state index contributed by atoms with van der Waals surface area (Å²) in [6.45, 7) is 4.24. The summed E-state index contributed by atoms with van der Waals surface area (Å²) in [5.41, 5.74) is 6.56. The number of amides is 1. The van der Waals surface area contributed by atoms with Gasteiger partial charge in [-0.3, -0.25) is 4.79 Å². The molecule has 1 unspecified atom stereocenters. The zero-order valence-corrected chi connectivity index (χ0v) is 8.82. The lowest BCUT2D eigenvalue weighted by Crippen LogP contribution is -2.25. The van der Waals surface area contributed by atoms with E-state index >= 15 is 0 Å². The number of nitrogen functional groups attached to an aromatic ring is 1. The molecule has 1 amide bonds. The lowest BCUT2D eigenvalue weighted by atomic mass is 10.1. The quantitative estimate of drug-likeness (QED) is 0.611. The molecule has 84 valence electrons. The van der Waals surface area contributed by atoms with Gasteiger partial charge in [-0.05, 0) is 18.2 Å². The SMILES string of the molecule is C=CC1CC(=O)N(c2ccc(F)cc2N)C1. The second-order valence-electron chi connectivity index (χ2n) is 3.91. The summed E-state index contributed by atoms with van der Waals surface area (Å²) in [5.74, 6) is -0.242. The smallest absolute Gasteiger partial charge is 0.227 e. The highest BCUT2D eigenvalue weighted by atomic mass is 19.1. The number of rotatable bonds is 2. The van der Waals surface area contributed by atoms with E-state index in [9.17, 15) is 9.18 Å².